The van der Waals surface area contributed by atoms with Crippen molar-refractivity contribution in [3.63, 3.8) is 0 Å². The smallest absolute Gasteiger partial charge is 0.306 e. The molecule has 1 fully saturated rings. The molecule has 1 N–H and O–H groups in total. The van der Waals surface area contributed by atoms with Crippen molar-refractivity contribution < 1.29 is 14.7 Å². The van der Waals surface area contributed by atoms with Gasteiger partial charge >= 0.3 is 5.97 Å². The number of aliphatic carboxylic acids is 1. The number of likely N-dealkylation sites (tertiary alicyclic amines) is 1. The van der Waals surface area contributed by atoms with Crippen LogP contribution in [-0.4, -0.2) is 35.0 Å². The van der Waals surface area contributed by atoms with Crippen molar-refractivity contribution in [2.75, 3.05) is 13.1 Å². The number of rotatable bonds is 2. The van der Waals surface area contributed by atoms with E-state index in [0.717, 1.165) is 18.4 Å². The number of fused-ring (bicyclic) bond motifs is 1. The van der Waals surface area contributed by atoms with Crippen LogP contribution in [0.2, 0.25) is 0 Å². The Morgan fingerprint density at radius 2 is 1.80 bits per heavy atom. The molecule has 1 atom stereocenters. The van der Waals surface area contributed by atoms with E-state index in [2.05, 4.69) is 12.1 Å². The van der Waals surface area contributed by atoms with Crippen LogP contribution < -0.4 is 0 Å². The minimum atomic E-state index is -0.733. The molecule has 1 unspecified atom stereocenters. The average Bonchev–Trinajstić information content (AvgIpc) is 2.90. The average molecular weight is 273 g/mol. The molecule has 1 aromatic rings. The summed E-state index contributed by atoms with van der Waals surface area (Å²) in [7, 11) is 0. The van der Waals surface area contributed by atoms with Gasteiger partial charge in [0.25, 0.3) is 0 Å². The molecular formula is C16H19NO3. The van der Waals surface area contributed by atoms with Crippen LogP contribution in [0.3, 0.4) is 0 Å². The van der Waals surface area contributed by atoms with Crippen LogP contribution in [0.15, 0.2) is 24.3 Å². The van der Waals surface area contributed by atoms with Crippen molar-refractivity contribution in [2.45, 2.75) is 31.6 Å². The first-order valence-electron chi connectivity index (χ1n) is 7.26. The van der Waals surface area contributed by atoms with Crippen LogP contribution in [0, 0.1) is 5.92 Å². The number of piperidine rings is 1. The lowest BCUT2D eigenvalue weighted by molar-refractivity contribution is -0.146. The first-order valence-corrected chi connectivity index (χ1v) is 7.26. The molecule has 1 heterocycles. The van der Waals surface area contributed by atoms with Gasteiger partial charge in [-0.3, -0.25) is 9.59 Å². The third-order valence-electron chi connectivity index (χ3n) is 4.59. The molecule has 0 bridgehead atoms. The van der Waals surface area contributed by atoms with Gasteiger partial charge in [0, 0.05) is 13.1 Å². The molecule has 1 aliphatic carbocycles. The normalized spacial score (nSPS) is 22.6. The number of nitrogens with zero attached hydrogens (tertiary/aromatic N) is 1. The summed E-state index contributed by atoms with van der Waals surface area (Å²) in [5, 5.41) is 9.00. The Kier molecular flexibility index (Phi) is 3.47. The van der Waals surface area contributed by atoms with Gasteiger partial charge in [0.1, 0.15) is 0 Å². The summed E-state index contributed by atoms with van der Waals surface area (Å²) in [6.45, 7) is 1.16. The lowest BCUT2D eigenvalue weighted by atomic mass is 9.94. The Labute approximate surface area is 118 Å². The summed E-state index contributed by atoms with van der Waals surface area (Å²) in [4.78, 5) is 25.4. The third kappa shape index (κ3) is 2.30. The zero-order chi connectivity index (χ0) is 14.1. The van der Waals surface area contributed by atoms with Gasteiger partial charge < -0.3 is 10.0 Å². The molecule has 0 radical (unpaired) electrons. The van der Waals surface area contributed by atoms with Gasteiger partial charge in [-0.15, -0.1) is 0 Å². The second kappa shape index (κ2) is 5.27. The Hall–Kier alpha value is -1.84. The van der Waals surface area contributed by atoms with Crippen molar-refractivity contribution >= 4 is 11.9 Å². The quantitative estimate of drug-likeness (QED) is 0.897. The minimum absolute atomic E-state index is 0.0208. The van der Waals surface area contributed by atoms with E-state index in [-0.39, 0.29) is 17.7 Å². The highest BCUT2D eigenvalue weighted by molar-refractivity contribution is 5.85. The van der Waals surface area contributed by atoms with E-state index in [9.17, 15) is 9.59 Å². The van der Waals surface area contributed by atoms with Crippen LogP contribution >= 0.6 is 0 Å². The largest absolute Gasteiger partial charge is 0.481 e. The molecule has 3 rings (SSSR count). The number of carboxylic acids is 1. The molecule has 0 saturated carbocycles. The Bertz CT molecular complexity index is 532. The third-order valence-corrected chi connectivity index (χ3v) is 4.59. The molecule has 0 aromatic heterocycles. The lowest BCUT2D eigenvalue weighted by Crippen LogP contribution is -2.42. The van der Waals surface area contributed by atoms with Crippen LogP contribution in [0.4, 0.5) is 0 Å². The fourth-order valence-electron chi connectivity index (χ4n) is 3.38. The summed E-state index contributed by atoms with van der Waals surface area (Å²) in [5.74, 6) is -0.857. The number of carbonyl (C=O) groups is 2. The second-order valence-corrected chi connectivity index (χ2v) is 5.73. The van der Waals surface area contributed by atoms with Crippen molar-refractivity contribution in [3.8, 4) is 0 Å². The van der Waals surface area contributed by atoms with Crippen molar-refractivity contribution in [2.24, 2.45) is 5.92 Å². The molecule has 1 amide bonds. The summed E-state index contributed by atoms with van der Waals surface area (Å²) < 4.78 is 0. The number of benzene rings is 1. The van der Waals surface area contributed by atoms with Gasteiger partial charge in [0.15, 0.2) is 0 Å². The monoisotopic (exact) mass is 273 g/mol. The highest BCUT2D eigenvalue weighted by Gasteiger charge is 2.34. The number of hydrogen-bond acceptors (Lipinski definition) is 2. The summed E-state index contributed by atoms with van der Waals surface area (Å²) in [6.07, 6.45) is 3.01. The number of carbonyl (C=O) groups excluding carboxylic acids is 1. The van der Waals surface area contributed by atoms with E-state index >= 15 is 0 Å². The first-order chi connectivity index (χ1) is 9.66. The van der Waals surface area contributed by atoms with Crippen LogP contribution in [0.1, 0.15) is 36.3 Å². The maximum absolute atomic E-state index is 12.6. The first kappa shape index (κ1) is 13.2. The van der Waals surface area contributed by atoms with E-state index in [1.165, 1.54) is 5.56 Å². The molecular weight excluding hydrogens is 254 g/mol. The molecule has 1 aliphatic heterocycles. The van der Waals surface area contributed by atoms with Crippen molar-refractivity contribution in [3.05, 3.63) is 35.4 Å². The fraction of sp³-hybridized carbons (Fsp3) is 0.500. The molecule has 106 valence electrons. The number of amides is 1. The molecule has 20 heavy (non-hydrogen) atoms. The lowest BCUT2D eigenvalue weighted by Gasteiger charge is -2.32. The number of hydrogen-bond donors (Lipinski definition) is 1. The molecule has 2 aliphatic rings. The Morgan fingerprint density at radius 3 is 2.50 bits per heavy atom. The highest BCUT2D eigenvalue weighted by Crippen LogP contribution is 2.35. The summed E-state index contributed by atoms with van der Waals surface area (Å²) in [6, 6.07) is 8.15. The van der Waals surface area contributed by atoms with E-state index < -0.39 is 5.97 Å². The standard InChI is InChI=1S/C16H19NO3/c18-15(17-9-7-12(8-10-17)16(19)20)14-6-5-11-3-1-2-4-13(11)14/h1-4,12,14H,5-10H2,(H,19,20). The van der Waals surface area contributed by atoms with E-state index in [1.54, 1.807) is 0 Å². The molecule has 1 saturated heterocycles. The molecule has 1 aromatic carbocycles. The zero-order valence-corrected chi connectivity index (χ0v) is 11.4. The van der Waals surface area contributed by atoms with Crippen molar-refractivity contribution in [1.82, 2.24) is 4.90 Å². The summed E-state index contributed by atoms with van der Waals surface area (Å²) >= 11 is 0. The van der Waals surface area contributed by atoms with Gasteiger partial charge in [-0.05, 0) is 36.8 Å². The Morgan fingerprint density at radius 1 is 1.10 bits per heavy atom. The Balaban J connectivity index is 1.68. The van der Waals surface area contributed by atoms with E-state index in [1.807, 2.05) is 17.0 Å². The van der Waals surface area contributed by atoms with E-state index in [4.69, 9.17) is 5.11 Å². The molecule has 4 nitrogen and oxygen atoms in total. The fourth-order valence-corrected chi connectivity index (χ4v) is 3.38. The topological polar surface area (TPSA) is 57.6 Å². The second-order valence-electron chi connectivity index (χ2n) is 5.73. The van der Waals surface area contributed by atoms with Crippen LogP contribution in [0.5, 0.6) is 0 Å². The highest BCUT2D eigenvalue weighted by atomic mass is 16.4. The predicted molar refractivity (Wildman–Crippen MR) is 74.4 cm³/mol. The van der Waals surface area contributed by atoms with Crippen LogP contribution in [-0.2, 0) is 16.0 Å². The minimum Gasteiger partial charge on any atom is -0.481 e. The van der Waals surface area contributed by atoms with Gasteiger partial charge in [0.05, 0.1) is 11.8 Å². The zero-order valence-electron chi connectivity index (χ0n) is 11.4. The predicted octanol–water partition coefficient (Wildman–Crippen LogP) is 2.04. The number of aryl methyl sites for hydroxylation is 1. The van der Waals surface area contributed by atoms with Gasteiger partial charge in [-0.1, -0.05) is 24.3 Å². The maximum Gasteiger partial charge on any atom is 0.306 e. The van der Waals surface area contributed by atoms with Gasteiger partial charge in [0.2, 0.25) is 5.91 Å². The van der Waals surface area contributed by atoms with E-state index in [0.29, 0.717) is 25.9 Å². The number of carboxylic acid groups (broad SMARTS) is 1. The molecule has 4 heteroatoms. The summed E-state index contributed by atoms with van der Waals surface area (Å²) in [5.41, 5.74) is 2.45. The SMILES string of the molecule is O=C(O)C1CCN(C(=O)C2CCc3ccccc32)CC1. The van der Waals surface area contributed by atoms with Gasteiger partial charge in [-0.2, -0.15) is 0 Å². The maximum atomic E-state index is 12.6. The molecule has 0 spiro atoms. The van der Waals surface area contributed by atoms with Crippen LogP contribution in [0.25, 0.3) is 0 Å². The van der Waals surface area contributed by atoms with Crippen molar-refractivity contribution in [1.29, 1.82) is 0 Å². The van der Waals surface area contributed by atoms with Gasteiger partial charge in [-0.25, -0.2) is 0 Å².